The average Bonchev–Trinajstić information content (AvgIpc) is 2.46. The number of nitrogens with zero attached hydrogens (tertiary/aromatic N) is 1. The summed E-state index contributed by atoms with van der Waals surface area (Å²) in [5.41, 5.74) is 1.02. The Morgan fingerprint density at radius 1 is 1.19 bits per heavy atom. The molecule has 0 fully saturated rings. The molecular formula is C15H24N2O3S. The van der Waals surface area contributed by atoms with Gasteiger partial charge in [-0.15, -0.1) is 0 Å². The third kappa shape index (κ3) is 4.04. The lowest BCUT2D eigenvalue weighted by atomic mass is 10.1. The smallest absolute Gasteiger partial charge is 0.251 e. The number of sulfonamides is 1. The van der Waals surface area contributed by atoms with Gasteiger partial charge in [-0.25, -0.2) is 8.42 Å². The predicted octanol–water partition coefficient (Wildman–Crippen LogP) is 2.17. The summed E-state index contributed by atoms with van der Waals surface area (Å²) in [6.45, 7) is 8.69. The summed E-state index contributed by atoms with van der Waals surface area (Å²) < 4.78 is 26.6. The van der Waals surface area contributed by atoms with Gasteiger partial charge in [0.05, 0.1) is 4.90 Å². The van der Waals surface area contributed by atoms with Crippen molar-refractivity contribution in [3.05, 3.63) is 29.3 Å². The Labute approximate surface area is 127 Å². The lowest BCUT2D eigenvalue weighted by molar-refractivity contribution is 0.0953. The van der Waals surface area contributed by atoms with Gasteiger partial charge in [-0.1, -0.05) is 26.8 Å². The topological polar surface area (TPSA) is 66.5 Å². The SMILES string of the molecule is CCCNC(=O)c1ccc(C)c(S(=O)(=O)N(CC)CC)c1. The van der Waals surface area contributed by atoms with E-state index in [0.717, 1.165) is 6.42 Å². The molecule has 0 aliphatic heterocycles. The molecule has 0 heterocycles. The van der Waals surface area contributed by atoms with E-state index in [9.17, 15) is 13.2 Å². The number of aryl methyl sites for hydroxylation is 1. The van der Waals surface area contributed by atoms with Gasteiger partial charge in [-0.2, -0.15) is 4.31 Å². The van der Waals surface area contributed by atoms with E-state index < -0.39 is 10.0 Å². The Kier molecular flexibility index (Phi) is 6.36. The molecule has 1 aromatic carbocycles. The Bertz CT molecular complexity index is 593. The fourth-order valence-corrected chi connectivity index (χ4v) is 3.77. The van der Waals surface area contributed by atoms with Gasteiger partial charge in [0.15, 0.2) is 0 Å². The summed E-state index contributed by atoms with van der Waals surface area (Å²) in [5, 5.41) is 2.76. The molecule has 21 heavy (non-hydrogen) atoms. The van der Waals surface area contributed by atoms with E-state index in [1.54, 1.807) is 32.9 Å². The Morgan fingerprint density at radius 3 is 2.33 bits per heavy atom. The molecule has 5 nitrogen and oxygen atoms in total. The molecule has 0 saturated heterocycles. The van der Waals surface area contributed by atoms with Gasteiger partial charge < -0.3 is 5.32 Å². The molecule has 118 valence electrons. The van der Waals surface area contributed by atoms with Crippen LogP contribution in [0, 0.1) is 6.92 Å². The molecule has 1 amide bonds. The van der Waals surface area contributed by atoms with Crippen molar-refractivity contribution < 1.29 is 13.2 Å². The fraction of sp³-hybridized carbons (Fsp3) is 0.533. The Balaban J connectivity index is 3.22. The average molecular weight is 312 g/mol. The van der Waals surface area contributed by atoms with Crippen molar-refractivity contribution in [3.8, 4) is 0 Å². The minimum atomic E-state index is -3.56. The zero-order valence-corrected chi connectivity index (χ0v) is 14.0. The van der Waals surface area contributed by atoms with Crippen LogP contribution in [0.1, 0.15) is 43.1 Å². The number of amides is 1. The van der Waals surface area contributed by atoms with Crippen LogP contribution in [0.25, 0.3) is 0 Å². The summed E-state index contributed by atoms with van der Waals surface area (Å²) in [6.07, 6.45) is 0.836. The number of carbonyl (C=O) groups is 1. The van der Waals surface area contributed by atoms with Crippen LogP contribution < -0.4 is 5.32 Å². The van der Waals surface area contributed by atoms with E-state index in [1.165, 1.54) is 10.4 Å². The minimum absolute atomic E-state index is 0.204. The summed E-state index contributed by atoms with van der Waals surface area (Å²) in [5.74, 6) is -0.243. The van der Waals surface area contributed by atoms with Crippen molar-refractivity contribution in [1.82, 2.24) is 9.62 Å². The standard InChI is InChI=1S/C15H24N2O3S/c1-5-10-16-15(18)13-9-8-12(4)14(11-13)21(19,20)17(6-2)7-3/h8-9,11H,5-7,10H2,1-4H3,(H,16,18). The molecule has 6 heteroatoms. The van der Waals surface area contributed by atoms with Crippen molar-refractivity contribution in [2.75, 3.05) is 19.6 Å². The van der Waals surface area contributed by atoms with Crippen LogP contribution >= 0.6 is 0 Å². The van der Waals surface area contributed by atoms with Crippen LogP contribution in [0.2, 0.25) is 0 Å². The predicted molar refractivity (Wildman–Crippen MR) is 83.9 cm³/mol. The summed E-state index contributed by atoms with van der Waals surface area (Å²) in [7, 11) is -3.56. The highest BCUT2D eigenvalue weighted by atomic mass is 32.2. The number of benzene rings is 1. The highest BCUT2D eigenvalue weighted by molar-refractivity contribution is 7.89. The second kappa shape index (κ2) is 7.56. The number of carbonyl (C=O) groups excluding carboxylic acids is 1. The molecule has 0 saturated carbocycles. The van der Waals surface area contributed by atoms with E-state index in [-0.39, 0.29) is 10.8 Å². The lowest BCUT2D eigenvalue weighted by Gasteiger charge is -2.20. The van der Waals surface area contributed by atoms with Gasteiger partial charge in [-0.05, 0) is 31.0 Å². The maximum Gasteiger partial charge on any atom is 0.251 e. The van der Waals surface area contributed by atoms with Gasteiger partial charge in [0, 0.05) is 25.2 Å². The molecule has 0 aliphatic carbocycles. The molecule has 0 radical (unpaired) electrons. The van der Waals surface area contributed by atoms with E-state index in [0.29, 0.717) is 30.8 Å². The maximum atomic E-state index is 12.6. The monoisotopic (exact) mass is 312 g/mol. The fourth-order valence-electron chi connectivity index (χ4n) is 2.06. The number of rotatable bonds is 7. The summed E-state index contributed by atoms with van der Waals surface area (Å²) in [6, 6.07) is 4.80. The molecule has 0 aromatic heterocycles. The Hall–Kier alpha value is -1.40. The molecule has 0 spiro atoms. The Morgan fingerprint density at radius 2 is 1.81 bits per heavy atom. The third-order valence-corrected chi connectivity index (χ3v) is 5.50. The third-order valence-electron chi connectivity index (χ3n) is 3.31. The first kappa shape index (κ1) is 17.7. The highest BCUT2D eigenvalue weighted by Gasteiger charge is 2.24. The molecule has 0 bridgehead atoms. The largest absolute Gasteiger partial charge is 0.352 e. The molecule has 0 unspecified atom stereocenters. The van der Waals surface area contributed by atoms with Gasteiger partial charge >= 0.3 is 0 Å². The van der Waals surface area contributed by atoms with Crippen molar-refractivity contribution >= 4 is 15.9 Å². The van der Waals surface area contributed by atoms with E-state index in [1.807, 2.05) is 6.92 Å². The first-order valence-electron chi connectivity index (χ1n) is 7.27. The quantitative estimate of drug-likeness (QED) is 0.839. The van der Waals surface area contributed by atoms with E-state index in [4.69, 9.17) is 0 Å². The van der Waals surface area contributed by atoms with Crippen LogP contribution in [-0.4, -0.2) is 38.3 Å². The molecule has 1 rings (SSSR count). The van der Waals surface area contributed by atoms with Gasteiger partial charge in [-0.3, -0.25) is 4.79 Å². The van der Waals surface area contributed by atoms with Gasteiger partial charge in [0.25, 0.3) is 5.91 Å². The normalized spacial score (nSPS) is 11.7. The van der Waals surface area contributed by atoms with Crippen molar-refractivity contribution in [2.24, 2.45) is 0 Å². The van der Waals surface area contributed by atoms with Crippen LogP contribution in [-0.2, 0) is 10.0 Å². The minimum Gasteiger partial charge on any atom is -0.352 e. The van der Waals surface area contributed by atoms with Gasteiger partial charge in [0.1, 0.15) is 0 Å². The maximum absolute atomic E-state index is 12.6. The van der Waals surface area contributed by atoms with E-state index >= 15 is 0 Å². The first-order valence-corrected chi connectivity index (χ1v) is 8.71. The van der Waals surface area contributed by atoms with Gasteiger partial charge in [0.2, 0.25) is 10.0 Å². The second-order valence-electron chi connectivity index (χ2n) is 4.83. The first-order chi connectivity index (χ1) is 9.88. The summed E-state index contributed by atoms with van der Waals surface area (Å²) >= 11 is 0. The van der Waals surface area contributed by atoms with E-state index in [2.05, 4.69) is 5.32 Å². The van der Waals surface area contributed by atoms with Crippen molar-refractivity contribution in [1.29, 1.82) is 0 Å². The molecule has 0 aliphatic rings. The highest BCUT2D eigenvalue weighted by Crippen LogP contribution is 2.21. The second-order valence-corrected chi connectivity index (χ2v) is 6.73. The zero-order chi connectivity index (χ0) is 16.0. The zero-order valence-electron chi connectivity index (χ0n) is 13.1. The lowest BCUT2D eigenvalue weighted by Crippen LogP contribution is -2.31. The van der Waals surface area contributed by atoms with Crippen molar-refractivity contribution in [2.45, 2.75) is 39.0 Å². The molecule has 0 atom stereocenters. The summed E-state index contributed by atoms with van der Waals surface area (Å²) in [4.78, 5) is 12.2. The number of hydrogen-bond acceptors (Lipinski definition) is 3. The molecule has 1 N–H and O–H groups in total. The molecular weight excluding hydrogens is 288 g/mol. The van der Waals surface area contributed by atoms with Crippen LogP contribution in [0.4, 0.5) is 0 Å². The number of hydrogen-bond donors (Lipinski definition) is 1. The van der Waals surface area contributed by atoms with Crippen LogP contribution in [0.15, 0.2) is 23.1 Å². The van der Waals surface area contributed by atoms with Crippen LogP contribution in [0.3, 0.4) is 0 Å². The van der Waals surface area contributed by atoms with Crippen LogP contribution in [0.5, 0.6) is 0 Å². The number of nitrogens with one attached hydrogen (secondary N) is 1. The molecule has 1 aromatic rings. The van der Waals surface area contributed by atoms with Crippen molar-refractivity contribution in [3.63, 3.8) is 0 Å².